The summed E-state index contributed by atoms with van der Waals surface area (Å²) < 4.78 is 0. The second-order valence-electron chi connectivity index (χ2n) is 8.02. The summed E-state index contributed by atoms with van der Waals surface area (Å²) in [6, 6.07) is 16.4. The molecule has 14 heteroatoms. The number of H-pyrrole nitrogens is 1. The quantitative estimate of drug-likeness (QED) is 0.0685. The number of rotatable bonds is 8. The van der Waals surface area contributed by atoms with Crippen LogP contribution in [0, 0.1) is 10.4 Å². The first-order valence-electron chi connectivity index (χ1n) is 11.0. The molecule has 0 radical (unpaired) electrons. The van der Waals surface area contributed by atoms with E-state index in [4.69, 9.17) is 11.0 Å². The molecule has 0 aliphatic rings. The lowest BCUT2D eigenvalue weighted by Crippen LogP contribution is -3.00. The van der Waals surface area contributed by atoms with Crippen molar-refractivity contribution in [1.29, 1.82) is 0 Å². The third kappa shape index (κ3) is 5.60. The molecule has 0 spiro atoms. The van der Waals surface area contributed by atoms with Crippen molar-refractivity contribution in [3.8, 4) is 0 Å². The molecule has 3 aromatic carbocycles. The van der Waals surface area contributed by atoms with Crippen LogP contribution in [0.2, 0.25) is 0 Å². The van der Waals surface area contributed by atoms with Gasteiger partial charge in [-0.1, -0.05) is 30.3 Å². The lowest BCUT2D eigenvalue weighted by Gasteiger charge is -2.18. The molecule has 1 aromatic heterocycles. The fourth-order valence-electron chi connectivity index (χ4n) is 3.64. The van der Waals surface area contributed by atoms with Gasteiger partial charge in [-0.3, -0.25) is 14.4 Å². The fourth-order valence-corrected chi connectivity index (χ4v) is 3.64. The number of aromatic nitrogens is 2. The van der Waals surface area contributed by atoms with E-state index in [0.717, 1.165) is 18.2 Å². The maximum absolute atomic E-state index is 12.8. The standard InChI is InChI=1S/C24H21N7O7/c25-29-20(24(34)27-17-9-7-15(30(35)36)11-21(17)31(37)38)12-19-23(33)28-18-10-14(6-8-16(18)26-19)22(32)13-4-2-1-3-5-13/h1-11,30-31,35,37H,12,25H2,(H,27,34)(H,28,33)/b29-20+. The maximum Gasteiger partial charge on any atom is 0.272 e. The molecule has 2 unspecified atom stereocenters. The second kappa shape index (κ2) is 11.1. The van der Waals surface area contributed by atoms with Gasteiger partial charge in [-0.15, -0.1) is 0 Å². The number of carbonyl (C=O) groups is 2. The zero-order valence-corrected chi connectivity index (χ0v) is 19.5. The molecule has 0 fully saturated rings. The highest BCUT2D eigenvalue weighted by molar-refractivity contribution is 6.43. The molecule has 38 heavy (non-hydrogen) atoms. The minimum atomic E-state index is -1.47. The topological polar surface area (TPSA) is 226 Å². The number of quaternary nitrogens is 2. The molecule has 1 heterocycles. The van der Waals surface area contributed by atoms with Crippen LogP contribution in [0.1, 0.15) is 21.6 Å². The third-order valence-electron chi connectivity index (χ3n) is 5.56. The van der Waals surface area contributed by atoms with Crippen molar-refractivity contribution in [2.45, 2.75) is 6.42 Å². The first-order valence-corrected chi connectivity index (χ1v) is 11.0. The average Bonchev–Trinajstić information content (AvgIpc) is 2.91. The summed E-state index contributed by atoms with van der Waals surface area (Å²) in [7, 11) is 0. The van der Waals surface area contributed by atoms with Gasteiger partial charge in [0, 0.05) is 23.6 Å². The van der Waals surface area contributed by atoms with E-state index in [0.29, 0.717) is 22.2 Å². The first kappa shape index (κ1) is 26.2. The number of carbonyl (C=O) groups excluding carboxylic acids is 2. The summed E-state index contributed by atoms with van der Waals surface area (Å²) in [6.45, 7) is 0. The van der Waals surface area contributed by atoms with Gasteiger partial charge in [0.1, 0.15) is 17.1 Å². The molecule has 14 nitrogen and oxygen atoms in total. The Morgan fingerprint density at radius 2 is 1.74 bits per heavy atom. The largest absolute Gasteiger partial charge is 0.595 e. The summed E-state index contributed by atoms with van der Waals surface area (Å²) in [5.74, 6) is 4.22. The number of nitrogens with two attached hydrogens (primary N) is 1. The second-order valence-corrected chi connectivity index (χ2v) is 8.02. The van der Waals surface area contributed by atoms with Crippen LogP contribution in [-0.2, 0) is 11.2 Å². The Labute approximate surface area is 213 Å². The average molecular weight is 519 g/mol. The molecule has 1 amide bonds. The Morgan fingerprint density at radius 1 is 1.00 bits per heavy atom. The van der Waals surface area contributed by atoms with Gasteiger partial charge in [-0.2, -0.15) is 15.6 Å². The zero-order valence-electron chi connectivity index (χ0n) is 19.5. The Kier molecular flexibility index (Phi) is 7.63. The van der Waals surface area contributed by atoms with E-state index in [1.807, 2.05) is 0 Å². The Hall–Kier alpha value is -4.83. The number of benzene rings is 3. The Balaban J connectivity index is 1.57. The highest BCUT2D eigenvalue weighted by Gasteiger charge is 2.21. The minimum absolute atomic E-state index is 0.0985. The number of hydrogen-bond donors (Lipinski definition) is 7. The molecule has 0 aliphatic carbocycles. The van der Waals surface area contributed by atoms with Crippen LogP contribution in [0.5, 0.6) is 0 Å². The van der Waals surface area contributed by atoms with Gasteiger partial charge in [0.25, 0.3) is 11.5 Å². The van der Waals surface area contributed by atoms with E-state index in [-0.39, 0.29) is 28.6 Å². The predicted octanol–water partition coefficient (Wildman–Crippen LogP) is -0.543. The zero-order chi connectivity index (χ0) is 27.4. The molecular weight excluding hydrogens is 498 g/mol. The van der Waals surface area contributed by atoms with Crippen LogP contribution in [0.4, 0.5) is 17.1 Å². The molecule has 4 aromatic rings. The van der Waals surface area contributed by atoms with Gasteiger partial charge in [0.2, 0.25) is 0 Å². The summed E-state index contributed by atoms with van der Waals surface area (Å²) in [5.41, 5.74) is -0.532. The van der Waals surface area contributed by atoms with Gasteiger partial charge < -0.3 is 26.6 Å². The minimum Gasteiger partial charge on any atom is -0.595 e. The highest BCUT2D eigenvalue weighted by Crippen LogP contribution is 2.21. The Bertz CT molecular complexity index is 1600. The van der Waals surface area contributed by atoms with Crippen molar-refractivity contribution in [3.05, 3.63) is 104 Å². The van der Waals surface area contributed by atoms with Crippen LogP contribution in [0.25, 0.3) is 11.0 Å². The van der Waals surface area contributed by atoms with Crippen molar-refractivity contribution < 1.29 is 30.5 Å². The molecule has 0 saturated heterocycles. The van der Waals surface area contributed by atoms with Crippen molar-refractivity contribution >= 4 is 45.5 Å². The molecule has 0 bridgehead atoms. The van der Waals surface area contributed by atoms with Gasteiger partial charge in [0.05, 0.1) is 17.1 Å². The normalized spacial score (nSPS) is 13.2. The van der Waals surface area contributed by atoms with Gasteiger partial charge >= 0.3 is 0 Å². The molecule has 2 atom stereocenters. The molecule has 4 rings (SSSR count). The number of amides is 1. The summed E-state index contributed by atoms with van der Waals surface area (Å²) in [4.78, 5) is 45.1. The number of anilines is 1. The van der Waals surface area contributed by atoms with Crippen molar-refractivity contribution in [2.24, 2.45) is 10.9 Å². The van der Waals surface area contributed by atoms with Crippen LogP contribution in [0.3, 0.4) is 0 Å². The van der Waals surface area contributed by atoms with Crippen LogP contribution >= 0.6 is 0 Å². The summed E-state index contributed by atoms with van der Waals surface area (Å²) in [5, 5.41) is 44.1. The van der Waals surface area contributed by atoms with E-state index in [2.05, 4.69) is 20.4 Å². The number of nitrogens with zero attached hydrogens (tertiary/aromatic N) is 2. The van der Waals surface area contributed by atoms with E-state index >= 15 is 0 Å². The smallest absolute Gasteiger partial charge is 0.272 e. The number of hydrazone groups is 1. The monoisotopic (exact) mass is 519 g/mol. The number of ketones is 1. The lowest BCUT2D eigenvalue weighted by atomic mass is 10.0. The number of hydrogen-bond acceptors (Lipinski definition) is 10. The molecule has 194 valence electrons. The van der Waals surface area contributed by atoms with E-state index in [1.165, 1.54) is 6.07 Å². The van der Waals surface area contributed by atoms with Gasteiger partial charge in [0.15, 0.2) is 17.2 Å². The summed E-state index contributed by atoms with van der Waals surface area (Å²) >= 11 is 0. The van der Waals surface area contributed by atoms with E-state index < -0.39 is 34.0 Å². The van der Waals surface area contributed by atoms with Gasteiger partial charge in [-0.25, -0.2) is 15.4 Å². The Morgan fingerprint density at radius 3 is 2.39 bits per heavy atom. The first-order chi connectivity index (χ1) is 18.2. The molecular formula is C24H21N7O7. The predicted molar refractivity (Wildman–Crippen MR) is 134 cm³/mol. The van der Waals surface area contributed by atoms with Crippen molar-refractivity contribution in [1.82, 2.24) is 9.97 Å². The highest BCUT2D eigenvalue weighted by atomic mass is 16.8. The molecule has 8 N–H and O–H groups in total. The van der Waals surface area contributed by atoms with Crippen LogP contribution in [-0.4, -0.2) is 37.8 Å². The number of aromatic amines is 1. The van der Waals surface area contributed by atoms with Crippen molar-refractivity contribution in [3.63, 3.8) is 0 Å². The van der Waals surface area contributed by atoms with Crippen LogP contribution in [0.15, 0.2) is 76.6 Å². The molecule has 0 saturated carbocycles. The van der Waals surface area contributed by atoms with Gasteiger partial charge in [-0.05, 0) is 24.3 Å². The maximum atomic E-state index is 12.8. The SMILES string of the molecule is N/N=C(\Cc1nc2ccc(C(=O)c3ccccc3)cc2[nH]c1=O)C(=O)Nc1ccc([NH+]([O-])O)cc1[NH+]([O-])O. The summed E-state index contributed by atoms with van der Waals surface area (Å²) in [6.07, 6.45) is -0.395. The van der Waals surface area contributed by atoms with Crippen LogP contribution < -0.4 is 27.2 Å². The number of nitrogens with one attached hydrogen (secondary N) is 4. The third-order valence-corrected chi connectivity index (χ3v) is 5.56. The number of fused-ring (bicyclic) bond motifs is 1. The lowest BCUT2D eigenvalue weighted by molar-refractivity contribution is -0.996. The van der Waals surface area contributed by atoms with E-state index in [9.17, 15) is 30.0 Å². The molecule has 0 aliphatic heterocycles. The van der Waals surface area contributed by atoms with Crippen molar-refractivity contribution in [2.75, 3.05) is 5.32 Å². The van der Waals surface area contributed by atoms with E-state index in [1.54, 1.807) is 42.5 Å². The fraction of sp³-hybridized carbons (Fsp3) is 0.0417.